The monoisotopic (exact) mass is 365 g/mol. The number of nitrogens with zero attached hydrogens (tertiary/aromatic N) is 1. The molecule has 0 fully saturated rings. The van der Waals surface area contributed by atoms with Gasteiger partial charge >= 0.3 is 0 Å². The van der Waals surface area contributed by atoms with Crippen LogP contribution < -0.4 is 0 Å². The molecule has 0 aliphatic rings. The molecule has 3 aromatic carbocycles. The van der Waals surface area contributed by atoms with Crippen LogP contribution in [0.4, 0.5) is 0 Å². The third-order valence-corrected chi connectivity index (χ3v) is 4.59. The average Bonchev–Trinajstić information content (AvgIpc) is 2.73. The first kappa shape index (κ1) is 17.6. The molecule has 0 aliphatic carbocycles. The number of nitrogens with one attached hydrogen (secondary N) is 2. The van der Waals surface area contributed by atoms with E-state index in [0.717, 1.165) is 27.5 Å². The molecule has 28 heavy (non-hydrogen) atoms. The van der Waals surface area contributed by atoms with Crippen LogP contribution in [0, 0.1) is 17.7 Å². The first-order valence-corrected chi connectivity index (χ1v) is 8.97. The highest BCUT2D eigenvalue weighted by Gasteiger charge is 2.13. The lowest BCUT2D eigenvalue weighted by atomic mass is 10.0. The summed E-state index contributed by atoms with van der Waals surface area (Å²) in [4.78, 5) is 4.25. The Bertz CT molecular complexity index is 1190. The van der Waals surface area contributed by atoms with Gasteiger partial charge in [0.1, 0.15) is 0 Å². The maximum atomic E-state index is 8.35. The van der Waals surface area contributed by atoms with Gasteiger partial charge in [0.05, 0.1) is 5.56 Å². The van der Waals surface area contributed by atoms with E-state index in [2.05, 4.69) is 11.1 Å². The summed E-state index contributed by atoms with van der Waals surface area (Å²) in [5, 5.41) is 18.6. The van der Waals surface area contributed by atoms with Crippen LogP contribution in [0.25, 0.3) is 21.9 Å². The zero-order valence-corrected chi connectivity index (χ0v) is 15.4. The molecule has 0 spiro atoms. The van der Waals surface area contributed by atoms with Gasteiger partial charge in [0, 0.05) is 23.5 Å². The molecule has 4 nitrogen and oxygen atoms in total. The molecule has 0 bridgehead atoms. The molecule has 0 amide bonds. The van der Waals surface area contributed by atoms with Crippen LogP contribution in [-0.2, 0) is 4.74 Å². The van der Waals surface area contributed by atoms with Crippen molar-refractivity contribution in [2.24, 2.45) is 0 Å². The molecule has 1 aromatic heterocycles. The third-order valence-electron chi connectivity index (χ3n) is 4.59. The van der Waals surface area contributed by atoms with Crippen molar-refractivity contribution >= 4 is 22.6 Å². The van der Waals surface area contributed by atoms with E-state index in [1.807, 2.05) is 73.7 Å². The van der Waals surface area contributed by atoms with Crippen molar-refractivity contribution < 1.29 is 4.74 Å². The number of hydrogen-bond donors (Lipinski definition) is 2. The van der Waals surface area contributed by atoms with Gasteiger partial charge in [-0.15, -0.1) is 0 Å². The number of benzene rings is 3. The minimum Gasteiger partial charge on any atom is -0.421 e. The molecule has 4 rings (SSSR count). The van der Waals surface area contributed by atoms with E-state index < -0.39 is 0 Å². The molecule has 1 heterocycles. The van der Waals surface area contributed by atoms with E-state index in [0.29, 0.717) is 11.1 Å². The lowest BCUT2D eigenvalue weighted by Crippen LogP contribution is -2.13. The zero-order valence-electron chi connectivity index (χ0n) is 15.4. The number of pyridine rings is 1. The molecule has 4 aromatic rings. The first-order chi connectivity index (χ1) is 13.6. The molecule has 0 atom stereocenters. The first-order valence-electron chi connectivity index (χ1n) is 8.97. The summed E-state index contributed by atoms with van der Waals surface area (Å²) >= 11 is 0. The van der Waals surface area contributed by atoms with Gasteiger partial charge in [0.2, 0.25) is 11.8 Å². The number of ether oxygens (including phenoxy) is 1. The van der Waals surface area contributed by atoms with Gasteiger partial charge in [-0.1, -0.05) is 66.2 Å². The van der Waals surface area contributed by atoms with Gasteiger partial charge in [0.15, 0.2) is 0 Å². The van der Waals surface area contributed by atoms with E-state index in [9.17, 15) is 0 Å². The van der Waals surface area contributed by atoms with Crippen molar-refractivity contribution in [3.05, 3.63) is 102 Å². The highest BCUT2D eigenvalue weighted by atomic mass is 16.5. The number of fused-ring (bicyclic) bond motifs is 1. The Morgan fingerprint density at radius 2 is 1.57 bits per heavy atom. The lowest BCUT2D eigenvalue weighted by Gasteiger charge is -2.11. The highest BCUT2D eigenvalue weighted by Crippen LogP contribution is 2.22. The molecular weight excluding hydrogens is 346 g/mol. The topological polar surface area (TPSA) is 69.8 Å². The normalized spacial score (nSPS) is 10.6. The van der Waals surface area contributed by atoms with Gasteiger partial charge in [-0.3, -0.25) is 15.8 Å². The quantitative estimate of drug-likeness (QED) is 0.368. The molecule has 0 radical (unpaired) electrons. The molecule has 0 aliphatic heterocycles. The summed E-state index contributed by atoms with van der Waals surface area (Å²) in [5.41, 5.74) is 4.29. The van der Waals surface area contributed by atoms with Gasteiger partial charge in [0.25, 0.3) is 0 Å². The van der Waals surface area contributed by atoms with Crippen molar-refractivity contribution in [2.75, 3.05) is 0 Å². The van der Waals surface area contributed by atoms with Crippen molar-refractivity contribution in [2.45, 2.75) is 6.92 Å². The maximum Gasteiger partial charge on any atom is 0.222 e. The number of aromatic nitrogens is 1. The fraction of sp³-hybridized carbons (Fsp3) is 0.0417. The summed E-state index contributed by atoms with van der Waals surface area (Å²) in [5.74, 6) is -0.150. The van der Waals surface area contributed by atoms with E-state index in [-0.39, 0.29) is 11.8 Å². The number of hydrogen-bond acceptors (Lipinski definition) is 4. The summed E-state index contributed by atoms with van der Waals surface area (Å²) in [6.45, 7) is 2.04. The van der Waals surface area contributed by atoms with Gasteiger partial charge in [-0.25, -0.2) is 0 Å². The van der Waals surface area contributed by atoms with E-state index in [4.69, 9.17) is 15.6 Å². The molecular formula is C24H19N3O. The predicted molar refractivity (Wildman–Crippen MR) is 113 cm³/mol. The standard InChI is InChI=1S/C24H19N3O/c1-16-6-4-9-18(12-16)19-13-20(15-27-14-19)23(25)28-24(26)22-11-5-8-17-7-2-3-10-21(17)22/h2-15,25-26H,1H3. The van der Waals surface area contributed by atoms with E-state index >= 15 is 0 Å². The average molecular weight is 365 g/mol. The van der Waals surface area contributed by atoms with Crippen molar-refractivity contribution in [1.82, 2.24) is 4.98 Å². The highest BCUT2D eigenvalue weighted by molar-refractivity contribution is 6.11. The largest absolute Gasteiger partial charge is 0.421 e. The van der Waals surface area contributed by atoms with Crippen molar-refractivity contribution in [3.8, 4) is 11.1 Å². The predicted octanol–water partition coefficient (Wildman–Crippen LogP) is 5.58. The number of rotatable bonds is 3. The van der Waals surface area contributed by atoms with Crippen LogP contribution in [0.2, 0.25) is 0 Å². The van der Waals surface area contributed by atoms with Crippen LogP contribution in [-0.4, -0.2) is 16.8 Å². The molecule has 0 unspecified atom stereocenters. The second-order valence-electron chi connectivity index (χ2n) is 6.62. The van der Waals surface area contributed by atoms with Crippen LogP contribution in [0.1, 0.15) is 16.7 Å². The third kappa shape index (κ3) is 3.53. The maximum absolute atomic E-state index is 8.35. The summed E-state index contributed by atoms with van der Waals surface area (Å²) < 4.78 is 5.57. The van der Waals surface area contributed by atoms with E-state index in [1.54, 1.807) is 12.4 Å². The van der Waals surface area contributed by atoms with Crippen molar-refractivity contribution in [3.63, 3.8) is 0 Å². The van der Waals surface area contributed by atoms with Gasteiger partial charge < -0.3 is 4.74 Å². The summed E-state index contributed by atoms with van der Waals surface area (Å²) in [7, 11) is 0. The lowest BCUT2D eigenvalue weighted by molar-refractivity contribution is 0.538. The number of aryl methyl sites for hydroxylation is 1. The summed E-state index contributed by atoms with van der Waals surface area (Å²) in [6.07, 6.45) is 3.35. The molecule has 0 saturated carbocycles. The fourth-order valence-electron chi connectivity index (χ4n) is 3.19. The second kappa shape index (κ2) is 7.45. The SMILES string of the molecule is Cc1cccc(-c2cncc(C(=N)OC(=N)c3cccc4ccccc34)c2)c1. The van der Waals surface area contributed by atoms with Crippen LogP contribution in [0.5, 0.6) is 0 Å². The zero-order chi connectivity index (χ0) is 19.5. The molecule has 136 valence electrons. The Morgan fingerprint density at radius 1 is 0.786 bits per heavy atom. The minimum absolute atomic E-state index is 0.0530. The second-order valence-corrected chi connectivity index (χ2v) is 6.62. The molecule has 0 saturated heterocycles. The van der Waals surface area contributed by atoms with Crippen LogP contribution in [0.15, 0.2) is 85.2 Å². The Kier molecular flexibility index (Phi) is 4.68. The van der Waals surface area contributed by atoms with Gasteiger partial charge in [-0.05, 0) is 35.4 Å². The van der Waals surface area contributed by atoms with Gasteiger partial charge in [-0.2, -0.15) is 0 Å². The fourth-order valence-corrected chi connectivity index (χ4v) is 3.19. The molecule has 2 N–H and O–H groups in total. The smallest absolute Gasteiger partial charge is 0.222 e. The Balaban J connectivity index is 1.60. The Hall–Kier alpha value is -3.79. The van der Waals surface area contributed by atoms with Crippen LogP contribution >= 0.6 is 0 Å². The Morgan fingerprint density at radius 3 is 2.43 bits per heavy atom. The minimum atomic E-state index is -0.0973. The Labute approximate surface area is 163 Å². The van der Waals surface area contributed by atoms with E-state index in [1.165, 1.54) is 0 Å². The van der Waals surface area contributed by atoms with Crippen LogP contribution in [0.3, 0.4) is 0 Å². The molecule has 4 heteroatoms. The van der Waals surface area contributed by atoms with Crippen molar-refractivity contribution in [1.29, 1.82) is 10.8 Å². The summed E-state index contributed by atoms with van der Waals surface area (Å²) in [6, 6.07) is 23.5.